The fourth-order valence-electron chi connectivity index (χ4n) is 1.74. The molecule has 2 rings (SSSR count). The van der Waals surface area contributed by atoms with Crippen LogP contribution in [0.3, 0.4) is 0 Å². The van der Waals surface area contributed by atoms with Gasteiger partial charge >= 0.3 is 0 Å². The molecule has 0 aliphatic heterocycles. The lowest BCUT2D eigenvalue weighted by atomic mass is 10.1. The van der Waals surface area contributed by atoms with Crippen LogP contribution in [0.25, 0.3) is 0 Å². The van der Waals surface area contributed by atoms with Crippen molar-refractivity contribution in [3.8, 4) is 11.5 Å². The van der Waals surface area contributed by atoms with E-state index in [2.05, 4.69) is 44.1 Å². The summed E-state index contributed by atoms with van der Waals surface area (Å²) in [6.07, 6.45) is 0. The Labute approximate surface area is 151 Å². The number of halogens is 4. The van der Waals surface area contributed by atoms with E-state index in [4.69, 9.17) is 27.9 Å². The Kier molecular flexibility index (Phi) is 5.97. The third kappa shape index (κ3) is 4.14. The minimum absolute atomic E-state index is 0.265. The normalized spacial score (nSPS) is 12.3. The third-order valence-electron chi connectivity index (χ3n) is 3.08. The zero-order valence-corrected chi connectivity index (χ0v) is 16.1. The van der Waals surface area contributed by atoms with Gasteiger partial charge in [0.15, 0.2) is 0 Å². The first-order valence-electron chi connectivity index (χ1n) is 6.21. The molecule has 0 bridgehead atoms. The molecule has 0 radical (unpaired) electrons. The smallest absolute Gasteiger partial charge is 0.147 e. The molecule has 0 amide bonds. The fraction of sp³-hybridized carbons (Fsp3) is 0.200. The van der Waals surface area contributed by atoms with Crippen LogP contribution in [0, 0.1) is 0 Å². The Morgan fingerprint density at radius 1 is 1.00 bits per heavy atom. The second kappa shape index (κ2) is 7.34. The molecule has 21 heavy (non-hydrogen) atoms. The van der Waals surface area contributed by atoms with Crippen molar-refractivity contribution >= 4 is 55.1 Å². The average molecular weight is 454 g/mol. The predicted molar refractivity (Wildman–Crippen MR) is 95.9 cm³/mol. The average Bonchev–Trinajstić information content (AvgIpc) is 2.45. The SMILES string of the molecule is CNC(C)c1ccc(Oc2cc(Cl)c(Br)cc2Cl)c(Br)c1. The molecule has 0 aliphatic rings. The summed E-state index contributed by atoms with van der Waals surface area (Å²) in [5.74, 6) is 1.20. The van der Waals surface area contributed by atoms with Crippen LogP contribution in [0.2, 0.25) is 10.0 Å². The Hall–Kier alpha value is -0.260. The monoisotopic (exact) mass is 451 g/mol. The van der Waals surface area contributed by atoms with Crippen LogP contribution in [0.15, 0.2) is 39.3 Å². The maximum Gasteiger partial charge on any atom is 0.147 e. The first-order valence-corrected chi connectivity index (χ1v) is 8.55. The Morgan fingerprint density at radius 3 is 2.33 bits per heavy atom. The van der Waals surface area contributed by atoms with Crippen molar-refractivity contribution in [3.63, 3.8) is 0 Å². The summed E-state index contributed by atoms with van der Waals surface area (Å²) in [6.45, 7) is 2.09. The first kappa shape index (κ1) is 17.1. The molecule has 6 heteroatoms. The van der Waals surface area contributed by atoms with E-state index < -0.39 is 0 Å². The van der Waals surface area contributed by atoms with Crippen LogP contribution < -0.4 is 10.1 Å². The van der Waals surface area contributed by atoms with Gasteiger partial charge < -0.3 is 10.1 Å². The molecule has 0 saturated heterocycles. The summed E-state index contributed by atoms with van der Waals surface area (Å²) in [7, 11) is 1.92. The number of ether oxygens (including phenoxy) is 1. The molecule has 0 aromatic heterocycles. The molecule has 2 aromatic carbocycles. The van der Waals surface area contributed by atoms with Crippen molar-refractivity contribution in [2.75, 3.05) is 7.05 Å². The van der Waals surface area contributed by atoms with Gasteiger partial charge in [0, 0.05) is 16.6 Å². The van der Waals surface area contributed by atoms with Gasteiger partial charge in [-0.3, -0.25) is 0 Å². The number of hydrogen-bond donors (Lipinski definition) is 1. The van der Waals surface area contributed by atoms with Gasteiger partial charge in [0.05, 0.1) is 14.5 Å². The lowest BCUT2D eigenvalue weighted by molar-refractivity contribution is 0.479. The van der Waals surface area contributed by atoms with Gasteiger partial charge in [-0.05, 0) is 69.6 Å². The first-order chi connectivity index (χ1) is 9.92. The highest BCUT2D eigenvalue weighted by atomic mass is 79.9. The lowest BCUT2D eigenvalue weighted by Gasteiger charge is -2.14. The summed E-state index contributed by atoms with van der Waals surface area (Å²) < 4.78 is 7.43. The molecular weight excluding hydrogens is 441 g/mol. The predicted octanol–water partition coefficient (Wildman–Crippen LogP) is 6.59. The molecule has 0 saturated carbocycles. The molecule has 0 fully saturated rings. The highest BCUT2D eigenvalue weighted by Gasteiger charge is 2.11. The number of nitrogens with one attached hydrogen (secondary N) is 1. The van der Waals surface area contributed by atoms with Gasteiger partial charge in [0.2, 0.25) is 0 Å². The van der Waals surface area contributed by atoms with Gasteiger partial charge in [-0.2, -0.15) is 0 Å². The van der Waals surface area contributed by atoms with Gasteiger partial charge in [0.1, 0.15) is 11.5 Å². The summed E-state index contributed by atoms with van der Waals surface area (Å²) in [4.78, 5) is 0. The molecule has 1 N–H and O–H groups in total. The zero-order valence-electron chi connectivity index (χ0n) is 11.4. The molecule has 0 spiro atoms. The van der Waals surface area contributed by atoms with Crippen LogP contribution in [0.4, 0.5) is 0 Å². The standard InChI is InChI=1S/C15H13Br2Cl2NO/c1-8(20-2)9-3-4-14(11(17)5-9)21-15-7-12(18)10(16)6-13(15)19/h3-8,20H,1-2H3. The van der Waals surface area contributed by atoms with E-state index in [0.29, 0.717) is 21.5 Å². The fourth-order valence-corrected chi connectivity index (χ4v) is 3.05. The van der Waals surface area contributed by atoms with E-state index in [1.807, 2.05) is 25.2 Å². The summed E-state index contributed by atoms with van der Waals surface area (Å²) in [6, 6.07) is 9.59. The molecule has 1 unspecified atom stereocenters. The van der Waals surface area contributed by atoms with Crippen molar-refractivity contribution in [1.82, 2.24) is 5.32 Å². The summed E-state index contributed by atoms with van der Waals surface area (Å²) >= 11 is 19.1. The maximum absolute atomic E-state index is 6.17. The third-order valence-corrected chi connectivity index (χ3v) is 5.20. The van der Waals surface area contributed by atoms with Crippen LogP contribution >= 0.6 is 55.1 Å². The molecule has 0 aliphatic carbocycles. The van der Waals surface area contributed by atoms with Gasteiger partial charge in [0.25, 0.3) is 0 Å². The highest BCUT2D eigenvalue weighted by molar-refractivity contribution is 9.10. The van der Waals surface area contributed by atoms with Crippen LogP contribution in [0.5, 0.6) is 11.5 Å². The molecule has 0 heterocycles. The molecule has 112 valence electrons. The number of hydrogen-bond acceptors (Lipinski definition) is 2. The molecular formula is C15H13Br2Cl2NO. The number of rotatable bonds is 4. The minimum Gasteiger partial charge on any atom is -0.455 e. The zero-order chi connectivity index (χ0) is 15.6. The Balaban J connectivity index is 2.30. The van der Waals surface area contributed by atoms with E-state index in [1.165, 1.54) is 0 Å². The topological polar surface area (TPSA) is 21.3 Å². The lowest BCUT2D eigenvalue weighted by Crippen LogP contribution is -2.12. The van der Waals surface area contributed by atoms with Gasteiger partial charge in [-0.15, -0.1) is 0 Å². The van der Waals surface area contributed by atoms with E-state index >= 15 is 0 Å². The molecule has 2 nitrogen and oxygen atoms in total. The summed E-state index contributed by atoms with van der Waals surface area (Å²) in [5, 5.41) is 4.23. The quantitative estimate of drug-likeness (QED) is 0.527. The molecule has 1 atom stereocenters. The van der Waals surface area contributed by atoms with Crippen molar-refractivity contribution in [2.24, 2.45) is 0 Å². The molecule has 2 aromatic rings. The minimum atomic E-state index is 0.265. The highest BCUT2D eigenvalue weighted by Crippen LogP contribution is 2.39. The maximum atomic E-state index is 6.17. The van der Waals surface area contributed by atoms with Crippen molar-refractivity contribution in [3.05, 3.63) is 54.9 Å². The second-order valence-corrected chi connectivity index (χ2v) is 7.02. The van der Waals surface area contributed by atoms with E-state index in [1.54, 1.807) is 12.1 Å². The van der Waals surface area contributed by atoms with Crippen LogP contribution in [-0.4, -0.2) is 7.05 Å². The van der Waals surface area contributed by atoms with Crippen molar-refractivity contribution < 1.29 is 4.74 Å². The Bertz CT molecular complexity index is 664. The van der Waals surface area contributed by atoms with Crippen LogP contribution in [-0.2, 0) is 0 Å². The van der Waals surface area contributed by atoms with E-state index in [0.717, 1.165) is 14.5 Å². The van der Waals surface area contributed by atoms with Gasteiger partial charge in [-0.25, -0.2) is 0 Å². The van der Waals surface area contributed by atoms with E-state index in [-0.39, 0.29) is 6.04 Å². The largest absolute Gasteiger partial charge is 0.455 e. The van der Waals surface area contributed by atoms with Crippen LogP contribution in [0.1, 0.15) is 18.5 Å². The number of benzene rings is 2. The van der Waals surface area contributed by atoms with Gasteiger partial charge in [-0.1, -0.05) is 29.3 Å². The van der Waals surface area contributed by atoms with E-state index in [9.17, 15) is 0 Å². The van der Waals surface area contributed by atoms with Crippen molar-refractivity contribution in [2.45, 2.75) is 13.0 Å². The van der Waals surface area contributed by atoms with Crippen molar-refractivity contribution in [1.29, 1.82) is 0 Å². The Morgan fingerprint density at radius 2 is 1.71 bits per heavy atom. The second-order valence-electron chi connectivity index (χ2n) is 4.50. The summed E-state index contributed by atoms with van der Waals surface area (Å²) in [5.41, 5.74) is 1.16.